The molecule has 1 aromatic heterocycles. The highest BCUT2D eigenvalue weighted by molar-refractivity contribution is 9.10. The molecule has 0 saturated heterocycles. The summed E-state index contributed by atoms with van der Waals surface area (Å²) in [5, 5.41) is 3.85. The number of aromatic nitrogens is 1. The zero-order valence-electron chi connectivity index (χ0n) is 18.4. The number of nitrogens with zero attached hydrogens (tertiary/aromatic N) is 2. The fraction of sp³-hybridized carbons (Fsp3) is 0.609. The molecule has 0 radical (unpaired) electrons. The highest BCUT2D eigenvalue weighted by Gasteiger charge is 2.38. The molecule has 1 aliphatic rings. The fourth-order valence-corrected chi connectivity index (χ4v) is 5.26. The second kappa shape index (κ2) is 10.7. The van der Waals surface area contributed by atoms with E-state index in [2.05, 4.69) is 64.0 Å². The molecular formula is C23H31BrF3N3S. The minimum absolute atomic E-state index is 0.340. The van der Waals surface area contributed by atoms with Gasteiger partial charge in [0.15, 0.2) is 5.69 Å². The molecule has 172 valence electrons. The zero-order valence-corrected chi connectivity index (χ0v) is 20.8. The van der Waals surface area contributed by atoms with E-state index in [-0.39, 0.29) is 0 Å². The summed E-state index contributed by atoms with van der Waals surface area (Å²) >= 11 is 4.79. The van der Waals surface area contributed by atoms with Crippen molar-refractivity contribution in [1.82, 2.24) is 9.88 Å². The Morgan fingerprint density at radius 3 is 2.61 bits per heavy atom. The van der Waals surface area contributed by atoms with Crippen LogP contribution < -0.4 is 5.32 Å². The number of hydrogen-bond donors (Lipinski definition) is 1. The van der Waals surface area contributed by atoms with Crippen molar-refractivity contribution in [3.05, 3.63) is 43.8 Å². The summed E-state index contributed by atoms with van der Waals surface area (Å²) in [6.45, 7) is 8.93. The number of hydrogen-bond acceptors (Lipinski definition) is 4. The first-order valence-electron chi connectivity index (χ1n) is 11.0. The second-order valence-corrected chi connectivity index (χ2v) is 10.6. The lowest BCUT2D eigenvalue weighted by Gasteiger charge is -2.21. The van der Waals surface area contributed by atoms with E-state index in [0.717, 1.165) is 29.7 Å². The van der Waals surface area contributed by atoms with Crippen molar-refractivity contribution in [2.75, 3.05) is 25.0 Å². The fourth-order valence-electron chi connectivity index (χ4n) is 3.59. The Morgan fingerprint density at radius 2 is 2.03 bits per heavy atom. The molecule has 1 N–H and O–H groups in total. The lowest BCUT2D eigenvalue weighted by Crippen LogP contribution is -2.27. The van der Waals surface area contributed by atoms with Crippen molar-refractivity contribution < 1.29 is 13.2 Å². The molecule has 0 aliphatic heterocycles. The summed E-state index contributed by atoms with van der Waals surface area (Å²) in [7, 11) is 0. The highest BCUT2D eigenvalue weighted by Crippen LogP contribution is 2.36. The Labute approximate surface area is 195 Å². The topological polar surface area (TPSA) is 28.2 Å². The van der Waals surface area contributed by atoms with Crippen molar-refractivity contribution >= 4 is 33.0 Å². The minimum atomic E-state index is -4.41. The van der Waals surface area contributed by atoms with Crippen LogP contribution in [0.15, 0.2) is 22.7 Å². The number of alkyl halides is 3. The van der Waals surface area contributed by atoms with E-state index >= 15 is 0 Å². The van der Waals surface area contributed by atoms with Crippen LogP contribution in [-0.2, 0) is 19.1 Å². The summed E-state index contributed by atoms with van der Waals surface area (Å²) in [6, 6.07) is 6.16. The second-order valence-electron chi connectivity index (χ2n) is 8.63. The van der Waals surface area contributed by atoms with Crippen molar-refractivity contribution in [3.8, 4) is 0 Å². The predicted octanol–water partition coefficient (Wildman–Crippen LogP) is 7.32. The molecule has 31 heavy (non-hydrogen) atoms. The molecule has 3 nitrogen and oxygen atoms in total. The molecule has 3 rings (SSSR count). The van der Waals surface area contributed by atoms with Crippen LogP contribution in [0.25, 0.3) is 0 Å². The molecule has 0 spiro atoms. The summed E-state index contributed by atoms with van der Waals surface area (Å²) < 4.78 is 41.8. The van der Waals surface area contributed by atoms with Crippen molar-refractivity contribution in [2.24, 2.45) is 5.92 Å². The summed E-state index contributed by atoms with van der Waals surface area (Å²) in [5.74, 6) is 1.09. The molecular weight excluding hydrogens is 487 g/mol. The molecule has 0 unspecified atom stereocenters. The first kappa shape index (κ1) is 24.5. The van der Waals surface area contributed by atoms with Gasteiger partial charge in [0.05, 0.1) is 9.88 Å². The number of thiazole rings is 1. The lowest BCUT2D eigenvalue weighted by molar-refractivity contribution is -0.141. The Hall–Kier alpha value is -1.12. The van der Waals surface area contributed by atoms with Crippen LogP contribution in [0.4, 0.5) is 18.9 Å². The summed E-state index contributed by atoms with van der Waals surface area (Å²) in [6.07, 6.45) is -0.624. The predicted molar refractivity (Wildman–Crippen MR) is 126 cm³/mol. The largest absolute Gasteiger partial charge is 0.434 e. The Kier molecular flexibility index (Phi) is 8.44. The van der Waals surface area contributed by atoms with Gasteiger partial charge >= 0.3 is 6.18 Å². The third kappa shape index (κ3) is 7.19. The van der Waals surface area contributed by atoms with Crippen LogP contribution in [0.5, 0.6) is 0 Å². The zero-order chi connectivity index (χ0) is 22.6. The van der Waals surface area contributed by atoms with E-state index in [0.29, 0.717) is 41.2 Å². The van der Waals surface area contributed by atoms with Crippen molar-refractivity contribution in [2.45, 2.75) is 65.1 Å². The van der Waals surface area contributed by atoms with Gasteiger partial charge in [0, 0.05) is 36.2 Å². The molecule has 1 heterocycles. The van der Waals surface area contributed by atoms with Crippen LogP contribution >= 0.6 is 27.3 Å². The minimum Gasteiger partial charge on any atom is -0.384 e. The third-order valence-electron chi connectivity index (χ3n) is 5.44. The average Bonchev–Trinajstić information content (AvgIpc) is 3.40. The third-order valence-corrected chi connectivity index (χ3v) is 7.20. The van der Waals surface area contributed by atoms with Gasteiger partial charge in [-0.25, -0.2) is 4.98 Å². The smallest absolute Gasteiger partial charge is 0.384 e. The molecule has 8 heteroatoms. The molecule has 0 amide bonds. The number of anilines is 1. The molecule has 1 fully saturated rings. The van der Waals surface area contributed by atoms with Crippen LogP contribution in [0, 0.1) is 5.92 Å². The van der Waals surface area contributed by atoms with Gasteiger partial charge in [0.1, 0.15) is 0 Å². The van der Waals surface area contributed by atoms with E-state index in [1.807, 2.05) is 6.07 Å². The van der Waals surface area contributed by atoms with Crippen molar-refractivity contribution in [3.63, 3.8) is 0 Å². The van der Waals surface area contributed by atoms with Gasteiger partial charge < -0.3 is 5.32 Å². The Bertz CT molecular complexity index is 862. The van der Waals surface area contributed by atoms with Gasteiger partial charge in [-0.3, -0.25) is 4.90 Å². The highest BCUT2D eigenvalue weighted by atomic mass is 79.9. The van der Waals surface area contributed by atoms with E-state index in [1.54, 1.807) is 0 Å². The molecule has 1 aliphatic carbocycles. The quantitative estimate of drug-likeness (QED) is 0.338. The van der Waals surface area contributed by atoms with Crippen LogP contribution in [-0.4, -0.2) is 29.5 Å². The van der Waals surface area contributed by atoms with E-state index < -0.39 is 11.9 Å². The van der Waals surface area contributed by atoms with Crippen LogP contribution in [0.1, 0.15) is 67.1 Å². The number of halogens is 4. The first-order valence-corrected chi connectivity index (χ1v) is 12.6. The lowest BCUT2D eigenvalue weighted by atomic mass is 10.0. The maximum atomic E-state index is 13.6. The Balaban J connectivity index is 1.66. The molecule has 0 bridgehead atoms. The first-order chi connectivity index (χ1) is 14.7. The number of benzene rings is 1. The van der Waals surface area contributed by atoms with E-state index in [4.69, 9.17) is 0 Å². The van der Waals surface area contributed by atoms with E-state index in [1.165, 1.54) is 29.7 Å². The maximum absolute atomic E-state index is 13.6. The summed E-state index contributed by atoms with van der Waals surface area (Å²) in [4.78, 5) is 6.50. The van der Waals surface area contributed by atoms with Gasteiger partial charge in [0.2, 0.25) is 0 Å². The number of rotatable bonds is 11. The SMILES string of the molecule is CCCN(Cc1sc(CCNc2ccc(C(C)C)cc2Br)nc1C(F)(F)F)CC1CC1. The van der Waals surface area contributed by atoms with Crippen LogP contribution in [0.2, 0.25) is 0 Å². The molecule has 1 saturated carbocycles. The van der Waals surface area contributed by atoms with Gasteiger partial charge in [-0.2, -0.15) is 13.2 Å². The Morgan fingerprint density at radius 1 is 1.29 bits per heavy atom. The van der Waals surface area contributed by atoms with E-state index in [9.17, 15) is 13.2 Å². The molecule has 1 aromatic carbocycles. The standard InChI is InChI=1S/C23H31BrF3N3S/c1-4-11-30(13-16-5-6-16)14-20-22(23(25,26)27)29-21(31-20)9-10-28-19-8-7-17(15(2)3)12-18(19)24/h7-8,12,15-16,28H,4-6,9-11,13-14H2,1-3H3. The van der Waals surface area contributed by atoms with Gasteiger partial charge in [-0.1, -0.05) is 26.8 Å². The molecule has 2 aromatic rings. The monoisotopic (exact) mass is 517 g/mol. The van der Waals surface area contributed by atoms with Crippen LogP contribution in [0.3, 0.4) is 0 Å². The maximum Gasteiger partial charge on any atom is 0.434 e. The number of nitrogens with one attached hydrogen (secondary N) is 1. The average molecular weight is 518 g/mol. The summed E-state index contributed by atoms with van der Waals surface area (Å²) in [5.41, 5.74) is 1.47. The van der Waals surface area contributed by atoms with Gasteiger partial charge in [0.25, 0.3) is 0 Å². The molecule has 0 atom stereocenters. The normalized spacial score (nSPS) is 14.6. The van der Waals surface area contributed by atoms with Gasteiger partial charge in [-0.15, -0.1) is 11.3 Å². The van der Waals surface area contributed by atoms with Gasteiger partial charge in [-0.05, 0) is 71.3 Å². The van der Waals surface area contributed by atoms with Crippen molar-refractivity contribution in [1.29, 1.82) is 0 Å².